The first-order chi connectivity index (χ1) is 7.48. The standard InChI is InChI=1S/C12H11NO2S/c1-10(2)16(14,15)12-7-3-5-11(9-12)6-4-8-13/h3,5,7,9-10H,1-2H3. The van der Waals surface area contributed by atoms with Crippen LogP contribution < -0.4 is 0 Å². The zero-order valence-electron chi connectivity index (χ0n) is 9.06. The minimum Gasteiger partial charge on any atom is -0.223 e. The third-order valence-corrected chi connectivity index (χ3v) is 4.20. The molecule has 0 fully saturated rings. The van der Waals surface area contributed by atoms with Crippen molar-refractivity contribution in [1.29, 1.82) is 5.26 Å². The maximum Gasteiger partial charge on any atom is 0.180 e. The molecule has 0 aliphatic heterocycles. The number of rotatable bonds is 2. The normalized spacial score (nSPS) is 10.4. The highest BCUT2D eigenvalue weighted by molar-refractivity contribution is 7.92. The Morgan fingerprint density at radius 2 is 2.00 bits per heavy atom. The van der Waals surface area contributed by atoms with Gasteiger partial charge in [-0.15, -0.1) is 0 Å². The zero-order chi connectivity index (χ0) is 12.2. The highest BCUT2D eigenvalue weighted by atomic mass is 32.2. The molecular formula is C12H11NO2S. The Hall–Kier alpha value is -1.78. The largest absolute Gasteiger partial charge is 0.223 e. The molecule has 82 valence electrons. The van der Waals surface area contributed by atoms with Gasteiger partial charge in [-0.2, -0.15) is 5.26 Å². The van der Waals surface area contributed by atoms with Crippen LogP contribution in [0.1, 0.15) is 19.4 Å². The second-order valence-corrected chi connectivity index (χ2v) is 5.99. The molecule has 0 aliphatic carbocycles. The van der Waals surface area contributed by atoms with Gasteiger partial charge < -0.3 is 0 Å². The number of nitrogens with zero attached hydrogens (tertiary/aromatic N) is 1. The average molecular weight is 233 g/mol. The first-order valence-corrected chi connectivity index (χ1v) is 6.27. The molecular weight excluding hydrogens is 222 g/mol. The SMILES string of the molecule is CC(C)S(=O)(=O)c1cccc(C#CC#N)c1. The quantitative estimate of drug-likeness (QED) is 0.731. The van der Waals surface area contributed by atoms with Crippen LogP contribution in [-0.2, 0) is 9.84 Å². The molecule has 0 spiro atoms. The van der Waals surface area contributed by atoms with E-state index in [2.05, 4.69) is 11.8 Å². The molecule has 0 radical (unpaired) electrons. The van der Waals surface area contributed by atoms with Gasteiger partial charge in [-0.25, -0.2) is 8.42 Å². The molecule has 4 heteroatoms. The van der Waals surface area contributed by atoms with Crippen LogP contribution in [0.5, 0.6) is 0 Å². The smallest absolute Gasteiger partial charge is 0.180 e. The van der Waals surface area contributed by atoms with Gasteiger partial charge in [0.25, 0.3) is 0 Å². The number of benzene rings is 1. The lowest BCUT2D eigenvalue weighted by Gasteiger charge is -2.07. The van der Waals surface area contributed by atoms with E-state index < -0.39 is 15.1 Å². The summed E-state index contributed by atoms with van der Waals surface area (Å²) in [5.74, 6) is 4.80. The maximum absolute atomic E-state index is 11.8. The highest BCUT2D eigenvalue weighted by Crippen LogP contribution is 2.16. The van der Waals surface area contributed by atoms with Crippen molar-refractivity contribution in [2.24, 2.45) is 0 Å². The Kier molecular flexibility index (Phi) is 3.71. The summed E-state index contributed by atoms with van der Waals surface area (Å²) in [7, 11) is -3.28. The molecule has 0 aliphatic rings. The van der Waals surface area contributed by atoms with Gasteiger partial charge in [-0.05, 0) is 32.0 Å². The van der Waals surface area contributed by atoms with Crippen LogP contribution in [0.15, 0.2) is 29.2 Å². The minimum atomic E-state index is -3.28. The molecule has 0 heterocycles. The fourth-order valence-electron chi connectivity index (χ4n) is 1.12. The third-order valence-electron chi connectivity index (χ3n) is 2.05. The predicted molar refractivity (Wildman–Crippen MR) is 61.3 cm³/mol. The van der Waals surface area contributed by atoms with Crippen molar-refractivity contribution in [3.8, 4) is 17.9 Å². The number of hydrogen-bond donors (Lipinski definition) is 0. The molecule has 16 heavy (non-hydrogen) atoms. The summed E-state index contributed by atoms with van der Waals surface area (Å²) in [5.41, 5.74) is 0.531. The van der Waals surface area contributed by atoms with Crippen molar-refractivity contribution in [2.75, 3.05) is 0 Å². The van der Waals surface area contributed by atoms with Crippen LogP contribution in [0.25, 0.3) is 0 Å². The summed E-state index contributed by atoms with van der Waals surface area (Å²) in [5, 5.41) is 7.84. The Morgan fingerprint density at radius 3 is 2.56 bits per heavy atom. The fraction of sp³-hybridized carbons (Fsp3) is 0.250. The zero-order valence-corrected chi connectivity index (χ0v) is 9.88. The third kappa shape index (κ3) is 2.62. The average Bonchev–Trinajstić information content (AvgIpc) is 2.26. The van der Waals surface area contributed by atoms with Gasteiger partial charge in [0.05, 0.1) is 10.1 Å². The molecule has 0 saturated heterocycles. The summed E-state index contributed by atoms with van der Waals surface area (Å²) in [6, 6.07) is 8.00. The van der Waals surface area contributed by atoms with E-state index in [1.165, 1.54) is 12.1 Å². The highest BCUT2D eigenvalue weighted by Gasteiger charge is 2.18. The van der Waals surface area contributed by atoms with Gasteiger partial charge in [0, 0.05) is 11.5 Å². The molecule has 0 atom stereocenters. The van der Waals surface area contributed by atoms with Crippen molar-refractivity contribution < 1.29 is 8.42 Å². The van der Waals surface area contributed by atoms with Crippen LogP contribution in [0, 0.1) is 23.2 Å². The summed E-state index contributed by atoms with van der Waals surface area (Å²) in [6.45, 7) is 3.26. The lowest BCUT2D eigenvalue weighted by atomic mass is 10.2. The van der Waals surface area contributed by atoms with Crippen molar-refractivity contribution in [1.82, 2.24) is 0 Å². The summed E-state index contributed by atoms with van der Waals surface area (Å²) < 4.78 is 23.7. The maximum atomic E-state index is 11.8. The number of nitriles is 1. The Balaban J connectivity index is 3.25. The molecule has 0 unspecified atom stereocenters. The molecule has 3 nitrogen and oxygen atoms in total. The molecule has 0 bridgehead atoms. The molecule has 1 rings (SSSR count). The molecule has 1 aromatic rings. The van der Waals surface area contributed by atoms with Gasteiger partial charge in [-0.3, -0.25) is 0 Å². The van der Waals surface area contributed by atoms with E-state index in [0.717, 1.165) is 0 Å². The van der Waals surface area contributed by atoms with E-state index in [-0.39, 0.29) is 4.90 Å². The van der Waals surface area contributed by atoms with Gasteiger partial charge in [-0.1, -0.05) is 12.0 Å². The van der Waals surface area contributed by atoms with Crippen molar-refractivity contribution in [3.63, 3.8) is 0 Å². The predicted octanol–water partition coefficient (Wildman–Crippen LogP) is 1.74. The lowest BCUT2D eigenvalue weighted by molar-refractivity contribution is 0.587. The Morgan fingerprint density at radius 1 is 1.31 bits per heavy atom. The Bertz CT molecular complexity index is 583. The van der Waals surface area contributed by atoms with Gasteiger partial charge >= 0.3 is 0 Å². The number of sulfone groups is 1. The van der Waals surface area contributed by atoms with Crippen LogP contribution in [0.3, 0.4) is 0 Å². The summed E-state index contributed by atoms with van der Waals surface area (Å²) in [6.07, 6.45) is 0. The minimum absolute atomic E-state index is 0.243. The van der Waals surface area contributed by atoms with E-state index in [9.17, 15) is 8.42 Å². The first-order valence-electron chi connectivity index (χ1n) is 4.72. The molecule has 0 N–H and O–H groups in total. The molecule has 1 aromatic carbocycles. The second kappa shape index (κ2) is 4.83. The molecule has 0 saturated carbocycles. The number of hydrogen-bond acceptors (Lipinski definition) is 3. The monoisotopic (exact) mass is 233 g/mol. The van der Waals surface area contributed by atoms with Gasteiger partial charge in [0.2, 0.25) is 0 Å². The lowest BCUT2D eigenvalue weighted by Crippen LogP contribution is -2.13. The first kappa shape index (κ1) is 12.3. The van der Waals surface area contributed by atoms with E-state index in [1.807, 2.05) is 0 Å². The van der Waals surface area contributed by atoms with Crippen molar-refractivity contribution >= 4 is 9.84 Å². The van der Waals surface area contributed by atoms with E-state index in [4.69, 9.17) is 5.26 Å². The van der Waals surface area contributed by atoms with E-state index in [1.54, 1.807) is 32.0 Å². The molecule has 0 aromatic heterocycles. The van der Waals surface area contributed by atoms with Crippen molar-refractivity contribution in [2.45, 2.75) is 24.0 Å². The van der Waals surface area contributed by atoms with Crippen LogP contribution in [0.4, 0.5) is 0 Å². The fourth-order valence-corrected chi connectivity index (χ4v) is 2.23. The van der Waals surface area contributed by atoms with E-state index in [0.29, 0.717) is 5.56 Å². The van der Waals surface area contributed by atoms with Crippen LogP contribution in [-0.4, -0.2) is 13.7 Å². The molecule has 0 amide bonds. The second-order valence-electron chi connectivity index (χ2n) is 3.48. The van der Waals surface area contributed by atoms with Crippen molar-refractivity contribution in [3.05, 3.63) is 29.8 Å². The topological polar surface area (TPSA) is 57.9 Å². The summed E-state index contributed by atoms with van der Waals surface area (Å²) >= 11 is 0. The van der Waals surface area contributed by atoms with Crippen LogP contribution >= 0.6 is 0 Å². The summed E-state index contributed by atoms with van der Waals surface area (Å²) in [4.78, 5) is 0.243. The van der Waals surface area contributed by atoms with E-state index >= 15 is 0 Å². The Labute approximate surface area is 95.6 Å². The van der Waals surface area contributed by atoms with Crippen LogP contribution in [0.2, 0.25) is 0 Å². The van der Waals surface area contributed by atoms with Gasteiger partial charge in [0.1, 0.15) is 0 Å². The van der Waals surface area contributed by atoms with Gasteiger partial charge in [0.15, 0.2) is 15.9 Å².